The van der Waals surface area contributed by atoms with E-state index in [1.165, 1.54) is 0 Å². The summed E-state index contributed by atoms with van der Waals surface area (Å²) in [7, 11) is -2.78. The quantitative estimate of drug-likeness (QED) is 0.529. The van der Waals surface area contributed by atoms with E-state index in [9.17, 15) is 18.0 Å². The van der Waals surface area contributed by atoms with Crippen LogP contribution in [0.4, 0.5) is 4.79 Å². The zero-order valence-corrected chi connectivity index (χ0v) is 6.87. The van der Waals surface area contributed by atoms with Gasteiger partial charge in [0.1, 0.15) is 0 Å². The molecule has 0 saturated carbocycles. The summed E-state index contributed by atoms with van der Waals surface area (Å²) >= 11 is 0. The van der Waals surface area contributed by atoms with Crippen LogP contribution in [0, 0.1) is 0 Å². The maximum absolute atomic E-state index is 10.8. The number of carbonyl (C=O) groups excluding carboxylic acids is 2. The molecular formula is C5H6N2O4S. The molecule has 3 amide bonds. The number of hydrogen-bond acceptors (Lipinski definition) is 4. The number of nitrogens with zero attached hydrogens (tertiary/aromatic N) is 2. The largest absolute Gasteiger partial charge is 0.365 e. The molecule has 1 rings (SSSR count). The molecule has 0 spiro atoms. The number of hydrogen-bond donors (Lipinski definition) is 0. The first-order chi connectivity index (χ1) is 5.61. The zero-order chi connectivity index (χ0) is 9.14. The van der Waals surface area contributed by atoms with Crippen molar-refractivity contribution in [2.45, 2.75) is 12.8 Å². The number of rotatable bonds is 0. The lowest BCUT2D eigenvalue weighted by Crippen LogP contribution is -2.28. The van der Waals surface area contributed by atoms with Crippen LogP contribution in [0.5, 0.6) is 0 Å². The molecule has 0 aliphatic carbocycles. The van der Waals surface area contributed by atoms with Crippen LogP contribution >= 0.6 is 0 Å². The fraction of sp³-hybridized carbons (Fsp3) is 0.600. The molecule has 7 heteroatoms. The average Bonchev–Trinajstić information content (AvgIpc) is 2.33. The summed E-state index contributed by atoms with van der Waals surface area (Å²) in [5, 5.41) is 0. The fourth-order valence-electron chi connectivity index (χ4n) is 0.963. The summed E-state index contributed by atoms with van der Waals surface area (Å²) in [6, 6.07) is -0.995. The molecule has 0 aromatic carbocycles. The Hall–Kier alpha value is -1.24. The summed E-state index contributed by atoms with van der Waals surface area (Å²) in [5.41, 5.74) is 0. The maximum Gasteiger partial charge on any atom is 0.365 e. The second-order valence-corrected chi connectivity index (χ2v) is 2.86. The fourth-order valence-corrected chi connectivity index (χ4v) is 1.19. The van der Waals surface area contributed by atoms with Crippen LogP contribution in [0.1, 0.15) is 12.8 Å². The van der Waals surface area contributed by atoms with E-state index in [0.29, 0.717) is 6.42 Å². The van der Waals surface area contributed by atoms with Crippen LogP contribution in [0.15, 0.2) is 4.36 Å². The van der Waals surface area contributed by atoms with Crippen LogP contribution in [0.25, 0.3) is 0 Å². The predicted octanol–water partition coefficient (Wildman–Crippen LogP) is -0.208. The van der Waals surface area contributed by atoms with Crippen molar-refractivity contribution < 1.29 is 18.0 Å². The average molecular weight is 190 g/mol. The Labute approximate surface area is 69.9 Å². The first kappa shape index (κ1) is 8.85. The van der Waals surface area contributed by atoms with Gasteiger partial charge in [-0.3, -0.25) is 9.69 Å². The van der Waals surface area contributed by atoms with Crippen molar-refractivity contribution in [2.75, 3.05) is 6.54 Å². The summed E-state index contributed by atoms with van der Waals surface area (Å²) in [6.07, 6.45) is 0.859. The topological polar surface area (TPSA) is 83.9 Å². The number of carbonyl (C=O) groups is 2. The highest BCUT2D eigenvalue weighted by atomic mass is 32.2. The van der Waals surface area contributed by atoms with Gasteiger partial charge in [-0.25, -0.2) is 4.79 Å². The van der Waals surface area contributed by atoms with E-state index in [0.717, 1.165) is 4.90 Å². The van der Waals surface area contributed by atoms with Crippen molar-refractivity contribution in [1.29, 1.82) is 0 Å². The highest BCUT2D eigenvalue weighted by Gasteiger charge is 2.26. The molecule has 1 saturated heterocycles. The summed E-state index contributed by atoms with van der Waals surface area (Å²) in [5.74, 6) is -0.366. The van der Waals surface area contributed by atoms with Crippen molar-refractivity contribution in [2.24, 2.45) is 4.36 Å². The molecule has 0 aromatic heterocycles. The Kier molecular flexibility index (Phi) is 2.54. The van der Waals surface area contributed by atoms with Gasteiger partial charge >= 0.3 is 16.5 Å². The van der Waals surface area contributed by atoms with Crippen LogP contribution in [-0.4, -0.2) is 31.8 Å². The molecule has 1 heterocycles. The third-order valence-corrected chi connectivity index (χ3v) is 1.76. The van der Waals surface area contributed by atoms with E-state index < -0.39 is 16.5 Å². The van der Waals surface area contributed by atoms with Gasteiger partial charge in [-0.15, -0.1) is 0 Å². The molecule has 0 aromatic rings. The van der Waals surface area contributed by atoms with Crippen molar-refractivity contribution in [1.82, 2.24) is 4.90 Å². The van der Waals surface area contributed by atoms with Crippen molar-refractivity contribution in [3.05, 3.63) is 0 Å². The molecule has 1 aliphatic rings. The van der Waals surface area contributed by atoms with Gasteiger partial charge in [-0.2, -0.15) is 8.42 Å². The van der Waals surface area contributed by atoms with Gasteiger partial charge in [-0.05, 0) is 6.42 Å². The number of urea groups is 1. The minimum absolute atomic E-state index is 0.262. The molecule has 0 atom stereocenters. The normalized spacial score (nSPS) is 16.3. The third-order valence-electron chi connectivity index (χ3n) is 1.46. The molecular weight excluding hydrogens is 184 g/mol. The molecule has 0 N–H and O–H groups in total. The van der Waals surface area contributed by atoms with E-state index in [1.54, 1.807) is 0 Å². The zero-order valence-electron chi connectivity index (χ0n) is 6.06. The standard InChI is InChI=1S/C5H6N2O4S/c8-4-2-1-3-7(4)5(9)6-12(10)11/h1-3H2. The van der Waals surface area contributed by atoms with Gasteiger partial charge in [0.05, 0.1) is 0 Å². The van der Waals surface area contributed by atoms with E-state index >= 15 is 0 Å². The lowest BCUT2D eigenvalue weighted by molar-refractivity contribution is -0.125. The minimum atomic E-state index is -2.78. The van der Waals surface area contributed by atoms with Crippen LogP contribution in [0.2, 0.25) is 0 Å². The van der Waals surface area contributed by atoms with Gasteiger partial charge in [0.15, 0.2) is 0 Å². The molecule has 1 fully saturated rings. The SMILES string of the molecule is O=C1CCCN1C(=O)N=S(=O)=O. The lowest BCUT2D eigenvalue weighted by atomic mass is 10.4. The smallest absolute Gasteiger partial charge is 0.274 e. The van der Waals surface area contributed by atoms with Gasteiger partial charge in [-0.1, -0.05) is 4.36 Å². The Balaban J connectivity index is 2.77. The van der Waals surface area contributed by atoms with Gasteiger partial charge in [0.25, 0.3) is 0 Å². The second kappa shape index (κ2) is 3.44. The highest BCUT2D eigenvalue weighted by molar-refractivity contribution is 7.62. The monoisotopic (exact) mass is 190 g/mol. The number of amides is 3. The number of imide groups is 1. The molecule has 12 heavy (non-hydrogen) atoms. The third kappa shape index (κ3) is 1.88. The van der Waals surface area contributed by atoms with Crippen molar-refractivity contribution in [3.8, 4) is 0 Å². The highest BCUT2D eigenvalue weighted by Crippen LogP contribution is 2.10. The molecule has 66 valence electrons. The molecule has 0 bridgehead atoms. The van der Waals surface area contributed by atoms with Crippen LogP contribution in [-0.2, 0) is 15.3 Å². The van der Waals surface area contributed by atoms with Gasteiger partial charge in [0, 0.05) is 13.0 Å². The lowest BCUT2D eigenvalue weighted by Gasteiger charge is -2.06. The predicted molar refractivity (Wildman–Crippen MR) is 37.7 cm³/mol. The first-order valence-electron chi connectivity index (χ1n) is 3.26. The van der Waals surface area contributed by atoms with Gasteiger partial charge in [0.2, 0.25) is 5.91 Å². The van der Waals surface area contributed by atoms with E-state index in [4.69, 9.17) is 0 Å². The Bertz CT molecular complexity index is 336. The Morgan fingerprint density at radius 3 is 2.58 bits per heavy atom. The molecule has 0 unspecified atom stereocenters. The van der Waals surface area contributed by atoms with Crippen molar-refractivity contribution >= 4 is 22.4 Å². The maximum atomic E-state index is 10.8. The minimum Gasteiger partial charge on any atom is -0.274 e. The van der Waals surface area contributed by atoms with E-state index in [-0.39, 0.29) is 18.9 Å². The Morgan fingerprint density at radius 2 is 2.17 bits per heavy atom. The summed E-state index contributed by atoms with van der Waals surface area (Å²) < 4.78 is 22.6. The van der Waals surface area contributed by atoms with Crippen molar-refractivity contribution in [3.63, 3.8) is 0 Å². The molecule has 0 radical (unpaired) electrons. The molecule has 1 aliphatic heterocycles. The van der Waals surface area contributed by atoms with Gasteiger partial charge < -0.3 is 0 Å². The van der Waals surface area contributed by atoms with E-state index in [1.807, 2.05) is 0 Å². The number of likely N-dealkylation sites (tertiary alicyclic amines) is 1. The Morgan fingerprint density at radius 1 is 1.50 bits per heavy atom. The van der Waals surface area contributed by atoms with Crippen LogP contribution in [0.3, 0.4) is 0 Å². The second-order valence-electron chi connectivity index (χ2n) is 2.24. The van der Waals surface area contributed by atoms with E-state index in [2.05, 4.69) is 4.36 Å². The summed E-state index contributed by atoms with van der Waals surface area (Å²) in [6.45, 7) is 0.262. The van der Waals surface area contributed by atoms with Crippen LogP contribution < -0.4 is 0 Å². The summed E-state index contributed by atoms with van der Waals surface area (Å²) in [4.78, 5) is 22.5. The first-order valence-corrected chi connectivity index (χ1v) is 4.30. The molecule has 6 nitrogen and oxygen atoms in total.